The van der Waals surface area contributed by atoms with Gasteiger partial charge in [0.2, 0.25) is 11.8 Å². The van der Waals surface area contributed by atoms with E-state index in [1.54, 1.807) is 18.3 Å². The molecule has 3 N–H and O–H groups in total. The summed E-state index contributed by atoms with van der Waals surface area (Å²) in [6.07, 6.45) is 3.08. The molecule has 0 unspecified atom stereocenters. The Morgan fingerprint density at radius 1 is 1.42 bits per heavy atom. The Kier molecular flexibility index (Phi) is 4.01. The molecule has 26 heavy (non-hydrogen) atoms. The Labute approximate surface area is 150 Å². The Morgan fingerprint density at radius 2 is 2.19 bits per heavy atom. The molecule has 3 atom stereocenters. The van der Waals surface area contributed by atoms with E-state index >= 15 is 0 Å². The van der Waals surface area contributed by atoms with Gasteiger partial charge < -0.3 is 16.0 Å². The number of carbonyl (C=O) groups excluding carboxylic acids is 2. The Morgan fingerprint density at radius 3 is 2.88 bits per heavy atom. The smallest absolute Gasteiger partial charge is 0.231 e. The number of halogens is 1. The molecule has 0 spiro atoms. The monoisotopic (exact) mass is 356 g/mol. The van der Waals surface area contributed by atoms with Gasteiger partial charge in [0.15, 0.2) is 0 Å². The van der Waals surface area contributed by atoms with Crippen molar-refractivity contribution in [1.82, 2.24) is 4.98 Å². The molecule has 2 fully saturated rings. The lowest BCUT2D eigenvalue weighted by atomic mass is 10.1. The molecule has 2 aliphatic rings. The maximum atomic E-state index is 13.0. The molecule has 2 aromatic rings. The van der Waals surface area contributed by atoms with Gasteiger partial charge in [-0.05, 0) is 42.8 Å². The minimum absolute atomic E-state index is 0.0981. The number of fused-ring (bicyclic) bond motifs is 1. The summed E-state index contributed by atoms with van der Waals surface area (Å²) < 4.78 is 13.0. The van der Waals surface area contributed by atoms with Crippen LogP contribution in [-0.4, -0.2) is 29.0 Å². The fourth-order valence-corrected chi connectivity index (χ4v) is 3.62. The number of rotatable bonds is 4. The minimum Gasteiger partial charge on any atom is -0.398 e. The van der Waals surface area contributed by atoms with Crippen LogP contribution in [-0.2, 0) is 9.59 Å². The SMILES string of the molecule is CC[C@@H]1CCC(=O)N1c1cc(N)c2cnc(NC(=O)[C@@H]3C[C@@H]3F)cc2c1. The number of hydrogen-bond donors (Lipinski definition) is 2. The molecule has 2 amide bonds. The van der Waals surface area contributed by atoms with Crippen LogP contribution >= 0.6 is 0 Å². The zero-order valence-corrected chi connectivity index (χ0v) is 14.5. The van der Waals surface area contributed by atoms with Gasteiger partial charge in [0.1, 0.15) is 12.0 Å². The summed E-state index contributed by atoms with van der Waals surface area (Å²) in [6, 6.07) is 5.58. The highest BCUT2D eigenvalue weighted by Gasteiger charge is 2.43. The topological polar surface area (TPSA) is 88.3 Å². The summed E-state index contributed by atoms with van der Waals surface area (Å²) in [5.41, 5.74) is 7.46. The van der Waals surface area contributed by atoms with E-state index < -0.39 is 12.1 Å². The van der Waals surface area contributed by atoms with E-state index in [1.165, 1.54) is 0 Å². The van der Waals surface area contributed by atoms with E-state index in [9.17, 15) is 14.0 Å². The zero-order valence-electron chi connectivity index (χ0n) is 14.5. The first-order valence-corrected chi connectivity index (χ1v) is 8.94. The number of alkyl halides is 1. The van der Waals surface area contributed by atoms with Gasteiger partial charge in [0.25, 0.3) is 0 Å². The molecule has 1 aliphatic carbocycles. The predicted octanol–water partition coefficient (Wildman–Crippen LogP) is 3.02. The van der Waals surface area contributed by atoms with Crippen molar-refractivity contribution in [2.45, 2.75) is 44.8 Å². The number of benzene rings is 1. The quantitative estimate of drug-likeness (QED) is 0.824. The van der Waals surface area contributed by atoms with Gasteiger partial charge in [-0.15, -0.1) is 0 Å². The maximum Gasteiger partial charge on any atom is 0.231 e. The van der Waals surface area contributed by atoms with E-state index in [0.717, 1.165) is 29.3 Å². The largest absolute Gasteiger partial charge is 0.398 e. The second-order valence-electron chi connectivity index (χ2n) is 7.04. The highest BCUT2D eigenvalue weighted by Crippen LogP contribution is 2.36. The van der Waals surface area contributed by atoms with Crippen molar-refractivity contribution in [3.8, 4) is 0 Å². The number of pyridine rings is 1. The second kappa shape index (κ2) is 6.23. The lowest BCUT2D eigenvalue weighted by Gasteiger charge is -2.24. The number of nitrogen functional groups attached to an aromatic ring is 1. The first kappa shape index (κ1) is 16.8. The van der Waals surface area contributed by atoms with Crippen LogP contribution in [0.2, 0.25) is 0 Å². The molecule has 1 aliphatic heterocycles. The summed E-state index contributed by atoms with van der Waals surface area (Å²) >= 11 is 0. The van der Waals surface area contributed by atoms with Crippen LogP contribution in [0.4, 0.5) is 21.6 Å². The molecule has 2 heterocycles. The second-order valence-corrected chi connectivity index (χ2v) is 7.04. The number of amides is 2. The van der Waals surface area contributed by atoms with Gasteiger partial charge in [-0.25, -0.2) is 9.37 Å². The number of hydrogen-bond acceptors (Lipinski definition) is 4. The molecule has 0 radical (unpaired) electrons. The summed E-state index contributed by atoms with van der Waals surface area (Å²) in [5, 5.41) is 4.19. The number of nitrogens with zero attached hydrogens (tertiary/aromatic N) is 2. The molecule has 136 valence electrons. The minimum atomic E-state index is -1.05. The van der Waals surface area contributed by atoms with Crippen molar-refractivity contribution in [1.29, 1.82) is 0 Å². The highest BCUT2D eigenvalue weighted by atomic mass is 19.1. The summed E-state index contributed by atoms with van der Waals surface area (Å²) in [4.78, 5) is 30.2. The molecule has 7 heteroatoms. The van der Waals surface area contributed by atoms with Crippen LogP contribution in [0.25, 0.3) is 10.8 Å². The van der Waals surface area contributed by atoms with Crippen molar-refractivity contribution in [2.75, 3.05) is 16.0 Å². The van der Waals surface area contributed by atoms with Crippen LogP contribution in [0.15, 0.2) is 24.4 Å². The lowest BCUT2D eigenvalue weighted by Crippen LogP contribution is -2.32. The number of nitrogens with one attached hydrogen (secondary N) is 1. The van der Waals surface area contributed by atoms with Crippen LogP contribution < -0.4 is 16.0 Å². The van der Waals surface area contributed by atoms with Crippen molar-refractivity contribution < 1.29 is 14.0 Å². The standard InChI is InChI=1S/C19H21FN4O2/c1-2-11-3-4-18(25)24(11)12-5-10-6-17(22-9-14(10)16(21)7-12)23-19(26)13-8-15(13)20/h5-7,9,11,13,15H,2-4,8,21H2,1H3,(H,22,23,26)/t11-,13-,15+/m1/s1. The van der Waals surface area contributed by atoms with Crippen molar-refractivity contribution in [3.63, 3.8) is 0 Å². The van der Waals surface area contributed by atoms with Gasteiger partial charge in [0, 0.05) is 35.4 Å². The highest BCUT2D eigenvalue weighted by molar-refractivity contribution is 6.03. The number of aromatic nitrogens is 1. The van der Waals surface area contributed by atoms with Crippen LogP contribution in [0, 0.1) is 5.92 Å². The number of anilines is 3. The van der Waals surface area contributed by atoms with Gasteiger partial charge in [0.05, 0.1) is 5.92 Å². The van der Waals surface area contributed by atoms with E-state index in [2.05, 4.69) is 17.2 Å². The molecule has 4 rings (SSSR count). The molecule has 1 aromatic heterocycles. The van der Waals surface area contributed by atoms with Crippen LogP contribution in [0.3, 0.4) is 0 Å². The Bertz CT molecular complexity index is 900. The summed E-state index contributed by atoms with van der Waals surface area (Å²) in [5.74, 6) is -0.468. The fraction of sp³-hybridized carbons (Fsp3) is 0.421. The van der Waals surface area contributed by atoms with Gasteiger partial charge >= 0.3 is 0 Å². The van der Waals surface area contributed by atoms with E-state index in [1.807, 2.05) is 11.0 Å². The Balaban J connectivity index is 1.68. The van der Waals surface area contributed by atoms with Crippen molar-refractivity contribution >= 4 is 39.8 Å². The third-order valence-corrected chi connectivity index (χ3v) is 5.23. The van der Waals surface area contributed by atoms with Gasteiger partial charge in [-0.2, -0.15) is 0 Å². The third-order valence-electron chi connectivity index (χ3n) is 5.23. The molecule has 0 bridgehead atoms. The maximum absolute atomic E-state index is 13.0. The van der Waals surface area contributed by atoms with Crippen molar-refractivity contribution in [3.05, 3.63) is 24.4 Å². The van der Waals surface area contributed by atoms with Gasteiger partial charge in [-0.3, -0.25) is 9.59 Å². The molecule has 1 saturated heterocycles. The normalized spacial score (nSPS) is 24.9. The zero-order chi connectivity index (χ0) is 18.4. The molecule has 6 nitrogen and oxygen atoms in total. The summed E-state index contributed by atoms with van der Waals surface area (Å²) in [7, 11) is 0. The van der Waals surface area contributed by atoms with Gasteiger partial charge in [-0.1, -0.05) is 6.92 Å². The first-order chi connectivity index (χ1) is 12.5. The average molecular weight is 356 g/mol. The van der Waals surface area contributed by atoms with Crippen LogP contribution in [0.5, 0.6) is 0 Å². The summed E-state index contributed by atoms with van der Waals surface area (Å²) in [6.45, 7) is 2.06. The fourth-order valence-electron chi connectivity index (χ4n) is 3.62. The predicted molar refractivity (Wildman–Crippen MR) is 98.6 cm³/mol. The van der Waals surface area contributed by atoms with Crippen LogP contribution in [0.1, 0.15) is 32.6 Å². The molecule has 1 aromatic carbocycles. The molecule has 1 saturated carbocycles. The molecular formula is C19H21FN4O2. The Hall–Kier alpha value is -2.70. The first-order valence-electron chi connectivity index (χ1n) is 8.94. The third kappa shape index (κ3) is 2.87. The van der Waals surface area contributed by atoms with E-state index in [0.29, 0.717) is 17.9 Å². The average Bonchev–Trinajstić information content (AvgIpc) is 3.22. The number of carbonyl (C=O) groups is 2. The van der Waals surface area contributed by atoms with E-state index in [4.69, 9.17) is 5.73 Å². The molecular weight excluding hydrogens is 335 g/mol. The number of nitrogens with two attached hydrogens (primary N) is 1. The van der Waals surface area contributed by atoms with Crippen molar-refractivity contribution in [2.24, 2.45) is 5.92 Å². The lowest BCUT2D eigenvalue weighted by molar-refractivity contribution is -0.118. The van der Waals surface area contributed by atoms with E-state index in [-0.39, 0.29) is 24.3 Å².